The lowest BCUT2D eigenvalue weighted by molar-refractivity contribution is 0.0931. The fourth-order valence-electron chi connectivity index (χ4n) is 4.39. The van der Waals surface area contributed by atoms with Crippen LogP contribution in [0.2, 0.25) is 5.02 Å². The molecule has 1 saturated heterocycles. The van der Waals surface area contributed by atoms with Crippen molar-refractivity contribution in [1.82, 2.24) is 20.2 Å². The zero-order valence-corrected chi connectivity index (χ0v) is 18.0. The van der Waals surface area contributed by atoms with Crippen LogP contribution in [0.5, 0.6) is 0 Å². The van der Waals surface area contributed by atoms with Crippen LogP contribution in [0.3, 0.4) is 0 Å². The van der Waals surface area contributed by atoms with Gasteiger partial charge in [-0.15, -0.1) is 0 Å². The second-order valence-corrected chi connectivity index (χ2v) is 8.78. The zero-order valence-electron chi connectivity index (χ0n) is 17.3. The third-order valence-corrected chi connectivity index (χ3v) is 6.44. The van der Waals surface area contributed by atoms with Crippen LogP contribution >= 0.6 is 11.6 Å². The van der Waals surface area contributed by atoms with Crippen molar-refractivity contribution in [2.45, 2.75) is 19.4 Å². The van der Waals surface area contributed by atoms with E-state index in [0.717, 1.165) is 59.3 Å². The maximum absolute atomic E-state index is 12.7. The van der Waals surface area contributed by atoms with Crippen LogP contribution in [0.1, 0.15) is 28.9 Å². The Kier molecular flexibility index (Phi) is 5.62. The Balaban J connectivity index is 1.16. The van der Waals surface area contributed by atoms with E-state index in [1.165, 1.54) is 5.56 Å². The molecule has 1 aliphatic heterocycles. The number of amides is 1. The van der Waals surface area contributed by atoms with E-state index in [0.29, 0.717) is 18.2 Å². The monoisotopic (exact) mass is 432 g/mol. The lowest BCUT2D eigenvalue weighted by Gasteiger charge is -2.32. The summed E-state index contributed by atoms with van der Waals surface area (Å²) < 4.78 is 0. The van der Waals surface area contributed by atoms with Gasteiger partial charge in [-0.1, -0.05) is 41.9 Å². The Morgan fingerprint density at radius 1 is 1.10 bits per heavy atom. The summed E-state index contributed by atoms with van der Waals surface area (Å²) in [6, 6.07) is 18.0. The van der Waals surface area contributed by atoms with Gasteiger partial charge in [0.15, 0.2) is 0 Å². The summed E-state index contributed by atoms with van der Waals surface area (Å²) in [6.07, 6.45) is 3.96. The van der Waals surface area contributed by atoms with E-state index in [4.69, 9.17) is 11.6 Å². The number of piperidine rings is 1. The number of aromatic nitrogens is 2. The quantitative estimate of drug-likeness (QED) is 0.466. The van der Waals surface area contributed by atoms with Gasteiger partial charge in [-0.25, -0.2) is 0 Å². The number of likely N-dealkylation sites (tertiary alicyclic amines) is 1. The molecule has 1 fully saturated rings. The second-order valence-electron chi connectivity index (χ2n) is 8.34. The Bertz CT molecular complexity index is 1210. The highest BCUT2D eigenvalue weighted by atomic mass is 35.5. The lowest BCUT2D eigenvalue weighted by atomic mass is 9.96. The van der Waals surface area contributed by atoms with Gasteiger partial charge in [-0.3, -0.25) is 14.7 Å². The van der Waals surface area contributed by atoms with Crippen LogP contribution in [0, 0.1) is 5.92 Å². The fraction of sp³-hybridized carbons (Fsp3) is 0.280. The Labute approximate surface area is 186 Å². The number of carbonyl (C=O) groups excluding carboxylic acids is 1. The Morgan fingerprint density at radius 3 is 2.68 bits per heavy atom. The highest BCUT2D eigenvalue weighted by molar-refractivity contribution is 6.30. The standard InChI is InChI=1S/C25H25ClN4O/c26-21-7-3-18(4-8-21)16-30-12-9-17(10-13-30)15-28-25(31)22-14-20-6-5-19-2-1-11-27-23(19)24(20)29-22/h1-8,11,14,17,29H,9-10,12-13,15-16H2,(H,28,31). The van der Waals surface area contributed by atoms with Crippen LogP contribution in [0.4, 0.5) is 0 Å². The summed E-state index contributed by atoms with van der Waals surface area (Å²) in [7, 11) is 0. The number of pyridine rings is 1. The molecular formula is C25H25ClN4O. The Hall–Kier alpha value is -2.89. The molecule has 1 amide bonds. The molecule has 0 radical (unpaired) electrons. The summed E-state index contributed by atoms with van der Waals surface area (Å²) in [5, 5.41) is 5.97. The van der Waals surface area contributed by atoms with E-state index in [9.17, 15) is 4.79 Å². The molecule has 6 heteroatoms. The summed E-state index contributed by atoms with van der Waals surface area (Å²) in [6.45, 7) is 3.76. The highest BCUT2D eigenvalue weighted by Gasteiger charge is 2.20. The third-order valence-electron chi connectivity index (χ3n) is 6.19. The molecule has 3 heterocycles. The van der Waals surface area contributed by atoms with Crippen LogP contribution in [0.15, 0.2) is 60.8 Å². The van der Waals surface area contributed by atoms with Crippen LogP contribution in [-0.4, -0.2) is 40.4 Å². The largest absolute Gasteiger partial charge is 0.350 e. The first kappa shape index (κ1) is 20.0. The summed E-state index contributed by atoms with van der Waals surface area (Å²) >= 11 is 5.97. The molecule has 4 aromatic rings. The summed E-state index contributed by atoms with van der Waals surface area (Å²) in [5.41, 5.74) is 3.69. The van der Waals surface area contributed by atoms with Gasteiger partial charge in [0.25, 0.3) is 5.91 Å². The molecule has 2 N–H and O–H groups in total. The number of fused-ring (bicyclic) bond motifs is 3. The average Bonchev–Trinajstić information content (AvgIpc) is 3.25. The van der Waals surface area contributed by atoms with Gasteiger partial charge in [-0.05, 0) is 61.7 Å². The second kappa shape index (κ2) is 8.69. The van der Waals surface area contributed by atoms with Crippen molar-refractivity contribution in [1.29, 1.82) is 0 Å². The molecule has 5 nitrogen and oxygen atoms in total. The molecule has 0 spiro atoms. The number of H-pyrrole nitrogens is 1. The number of rotatable bonds is 5. The average molecular weight is 433 g/mol. The number of aromatic amines is 1. The van der Waals surface area contributed by atoms with Crippen molar-refractivity contribution >= 4 is 39.3 Å². The predicted octanol–water partition coefficient (Wildman–Crippen LogP) is 5.01. The number of nitrogens with zero attached hydrogens (tertiary/aromatic N) is 2. The molecule has 2 aromatic carbocycles. The molecule has 0 aliphatic carbocycles. The maximum Gasteiger partial charge on any atom is 0.267 e. The van der Waals surface area contributed by atoms with E-state index < -0.39 is 0 Å². The van der Waals surface area contributed by atoms with Crippen LogP contribution in [0.25, 0.3) is 21.8 Å². The fourth-order valence-corrected chi connectivity index (χ4v) is 4.52. The smallest absolute Gasteiger partial charge is 0.267 e. The number of benzene rings is 2. The number of nitrogens with one attached hydrogen (secondary N) is 2. The number of halogens is 1. The van der Waals surface area contributed by atoms with Gasteiger partial charge in [-0.2, -0.15) is 0 Å². The zero-order chi connectivity index (χ0) is 21.2. The topological polar surface area (TPSA) is 61.0 Å². The third kappa shape index (κ3) is 4.43. The van der Waals surface area contributed by atoms with Gasteiger partial charge in [0, 0.05) is 35.1 Å². The molecule has 0 atom stereocenters. The highest BCUT2D eigenvalue weighted by Crippen LogP contribution is 2.24. The summed E-state index contributed by atoms with van der Waals surface area (Å²) in [4.78, 5) is 23.0. The van der Waals surface area contributed by atoms with Crippen molar-refractivity contribution in [3.05, 3.63) is 77.1 Å². The normalized spacial score (nSPS) is 15.5. The molecule has 0 unspecified atom stereocenters. The van der Waals surface area contributed by atoms with Crippen molar-refractivity contribution in [3.8, 4) is 0 Å². The predicted molar refractivity (Wildman–Crippen MR) is 125 cm³/mol. The number of hydrogen-bond acceptors (Lipinski definition) is 3. The Morgan fingerprint density at radius 2 is 1.87 bits per heavy atom. The first-order valence-electron chi connectivity index (χ1n) is 10.8. The minimum atomic E-state index is -0.0520. The van der Waals surface area contributed by atoms with Crippen LogP contribution in [-0.2, 0) is 6.54 Å². The van der Waals surface area contributed by atoms with Crippen molar-refractivity contribution in [3.63, 3.8) is 0 Å². The molecule has 2 aromatic heterocycles. The molecule has 0 bridgehead atoms. The van der Waals surface area contributed by atoms with Crippen molar-refractivity contribution < 1.29 is 4.79 Å². The minimum absolute atomic E-state index is 0.0520. The van der Waals surface area contributed by atoms with E-state index in [1.807, 2.05) is 42.5 Å². The van der Waals surface area contributed by atoms with Crippen molar-refractivity contribution in [2.75, 3.05) is 19.6 Å². The molecule has 31 heavy (non-hydrogen) atoms. The minimum Gasteiger partial charge on any atom is -0.350 e. The number of carbonyl (C=O) groups is 1. The molecule has 1 aliphatic rings. The van der Waals surface area contributed by atoms with E-state index in [-0.39, 0.29) is 5.91 Å². The molecule has 158 valence electrons. The number of hydrogen-bond donors (Lipinski definition) is 2. The van der Waals surface area contributed by atoms with E-state index >= 15 is 0 Å². The van der Waals surface area contributed by atoms with E-state index in [1.54, 1.807) is 6.20 Å². The van der Waals surface area contributed by atoms with Gasteiger partial charge in [0.05, 0.1) is 11.0 Å². The summed E-state index contributed by atoms with van der Waals surface area (Å²) in [5.74, 6) is 0.459. The molecule has 0 saturated carbocycles. The lowest BCUT2D eigenvalue weighted by Crippen LogP contribution is -2.38. The van der Waals surface area contributed by atoms with Gasteiger partial charge >= 0.3 is 0 Å². The first-order valence-corrected chi connectivity index (χ1v) is 11.1. The van der Waals surface area contributed by atoms with E-state index in [2.05, 4.69) is 32.3 Å². The van der Waals surface area contributed by atoms with Crippen molar-refractivity contribution in [2.24, 2.45) is 5.92 Å². The SMILES string of the molecule is O=C(NCC1CCN(Cc2ccc(Cl)cc2)CC1)c1cc2ccc3cccnc3c2[nH]1. The van der Waals surface area contributed by atoms with Gasteiger partial charge < -0.3 is 10.3 Å². The molecular weight excluding hydrogens is 408 g/mol. The molecule has 5 rings (SSSR count). The maximum atomic E-state index is 12.7. The van der Waals surface area contributed by atoms with Gasteiger partial charge in [0.2, 0.25) is 0 Å². The first-order chi connectivity index (χ1) is 15.2. The van der Waals surface area contributed by atoms with Gasteiger partial charge in [0.1, 0.15) is 5.69 Å². The van der Waals surface area contributed by atoms with Crippen LogP contribution < -0.4 is 5.32 Å².